The van der Waals surface area contributed by atoms with E-state index in [9.17, 15) is 14.4 Å². The van der Waals surface area contributed by atoms with E-state index in [1.807, 2.05) is 0 Å². The summed E-state index contributed by atoms with van der Waals surface area (Å²) in [4.78, 5) is 34.4. The van der Waals surface area contributed by atoms with Crippen LogP contribution >= 0.6 is 0 Å². The highest BCUT2D eigenvalue weighted by atomic mass is 16.5. The van der Waals surface area contributed by atoms with Gasteiger partial charge in [0.1, 0.15) is 6.10 Å². The molecule has 2 rings (SSSR count). The van der Waals surface area contributed by atoms with Crippen LogP contribution in [-0.4, -0.2) is 54.9 Å². The molecule has 8 nitrogen and oxygen atoms in total. The molecule has 1 heterocycles. The molecule has 0 aliphatic carbocycles. The SMILES string of the molecule is CC(OCC1CCCO1)C(=O)Nc1ccc(C(=O)NCCC(=O)O)cc1. The van der Waals surface area contributed by atoms with Crippen LogP contribution in [0.1, 0.15) is 36.5 Å². The predicted molar refractivity (Wildman–Crippen MR) is 94.0 cm³/mol. The van der Waals surface area contributed by atoms with Crippen molar-refractivity contribution in [3.63, 3.8) is 0 Å². The molecule has 2 unspecified atom stereocenters. The van der Waals surface area contributed by atoms with Crippen molar-refractivity contribution in [2.45, 2.75) is 38.4 Å². The summed E-state index contributed by atoms with van der Waals surface area (Å²) < 4.78 is 11.0. The number of nitrogens with one attached hydrogen (secondary N) is 2. The van der Waals surface area contributed by atoms with Crippen molar-refractivity contribution in [3.05, 3.63) is 29.8 Å². The van der Waals surface area contributed by atoms with E-state index in [0.29, 0.717) is 17.9 Å². The smallest absolute Gasteiger partial charge is 0.305 e. The summed E-state index contributed by atoms with van der Waals surface area (Å²) >= 11 is 0. The zero-order valence-corrected chi connectivity index (χ0v) is 14.7. The summed E-state index contributed by atoms with van der Waals surface area (Å²) in [6.07, 6.45) is 1.28. The van der Waals surface area contributed by atoms with Gasteiger partial charge in [0.15, 0.2) is 0 Å². The van der Waals surface area contributed by atoms with Crippen LogP contribution in [0.5, 0.6) is 0 Å². The van der Waals surface area contributed by atoms with Gasteiger partial charge in [-0.2, -0.15) is 0 Å². The molecule has 8 heteroatoms. The highest BCUT2D eigenvalue weighted by Crippen LogP contribution is 2.14. The Morgan fingerprint density at radius 3 is 2.65 bits per heavy atom. The van der Waals surface area contributed by atoms with Crippen molar-refractivity contribution in [1.82, 2.24) is 5.32 Å². The van der Waals surface area contributed by atoms with Crippen molar-refractivity contribution in [1.29, 1.82) is 0 Å². The van der Waals surface area contributed by atoms with Crippen LogP contribution in [0.15, 0.2) is 24.3 Å². The number of hydrogen-bond acceptors (Lipinski definition) is 5. The van der Waals surface area contributed by atoms with Gasteiger partial charge in [0.2, 0.25) is 0 Å². The maximum Gasteiger partial charge on any atom is 0.305 e. The molecule has 142 valence electrons. The summed E-state index contributed by atoms with van der Waals surface area (Å²) in [5, 5.41) is 13.8. The first-order valence-electron chi connectivity index (χ1n) is 8.60. The van der Waals surface area contributed by atoms with Gasteiger partial charge >= 0.3 is 5.97 Å². The molecular formula is C18H24N2O6. The van der Waals surface area contributed by atoms with Crippen molar-refractivity contribution < 1.29 is 29.0 Å². The molecule has 0 bridgehead atoms. The van der Waals surface area contributed by atoms with Crippen LogP contribution in [-0.2, 0) is 19.1 Å². The zero-order valence-electron chi connectivity index (χ0n) is 14.7. The summed E-state index contributed by atoms with van der Waals surface area (Å²) in [6.45, 7) is 2.87. The minimum atomic E-state index is -0.973. The average molecular weight is 364 g/mol. The summed E-state index contributed by atoms with van der Waals surface area (Å²) in [6, 6.07) is 6.33. The first kappa shape index (κ1) is 19.9. The summed E-state index contributed by atoms with van der Waals surface area (Å²) in [7, 11) is 0. The number of carboxylic acid groups (broad SMARTS) is 1. The Balaban J connectivity index is 1.77. The predicted octanol–water partition coefficient (Wildman–Crippen LogP) is 1.41. The first-order valence-corrected chi connectivity index (χ1v) is 8.60. The summed E-state index contributed by atoms with van der Waals surface area (Å²) in [5.41, 5.74) is 0.931. The van der Waals surface area contributed by atoms with Gasteiger partial charge in [0.05, 0.1) is 19.1 Å². The number of carbonyl (C=O) groups excluding carboxylic acids is 2. The standard InChI is InChI=1S/C18H24N2O6/c1-12(26-11-15-3-2-10-25-15)17(23)20-14-6-4-13(5-7-14)18(24)19-9-8-16(21)22/h4-7,12,15H,2-3,8-11H2,1H3,(H,19,24)(H,20,23)(H,21,22). The number of benzene rings is 1. The second-order valence-electron chi connectivity index (χ2n) is 6.08. The van der Waals surface area contributed by atoms with E-state index in [4.69, 9.17) is 14.6 Å². The molecule has 0 aromatic heterocycles. The fraction of sp³-hybridized carbons (Fsp3) is 0.500. The van der Waals surface area contributed by atoms with Gasteiger partial charge in [-0.3, -0.25) is 14.4 Å². The lowest BCUT2D eigenvalue weighted by Gasteiger charge is -2.16. The van der Waals surface area contributed by atoms with E-state index in [1.54, 1.807) is 31.2 Å². The van der Waals surface area contributed by atoms with Crippen LogP contribution in [0.2, 0.25) is 0 Å². The molecule has 1 aliphatic rings. The van der Waals surface area contributed by atoms with Gasteiger partial charge in [-0.05, 0) is 44.0 Å². The van der Waals surface area contributed by atoms with Gasteiger partial charge in [-0.15, -0.1) is 0 Å². The van der Waals surface area contributed by atoms with E-state index >= 15 is 0 Å². The molecule has 0 radical (unpaired) electrons. The molecule has 1 fully saturated rings. The number of rotatable bonds is 9. The number of carbonyl (C=O) groups is 3. The minimum absolute atomic E-state index is 0.0594. The van der Waals surface area contributed by atoms with Crippen LogP contribution in [0, 0.1) is 0 Å². The second kappa shape index (κ2) is 9.88. The molecule has 1 aromatic carbocycles. The highest BCUT2D eigenvalue weighted by Gasteiger charge is 2.20. The average Bonchev–Trinajstić information content (AvgIpc) is 3.13. The number of ether oxygens (including phenoxy) is 2. The fourth-order valence-electron chi connectivity index (χ4n) is 2.44. The monoisotopic (exact) mass is 364 g/mol. The Bertz CT molecular complexity index is 625. The normalized spacial score (nSPS) is 17.5. The zero-order chi connectivity index (χ0) is 18.9. The van der Waals surface area contributed by atoms with Gasteiger partial charge in [0.25, 0.3) is 11.8 Å². The van der Waals surface area contributed by atoms with E-state index in [1.165, 1.54) is 0 Å². The van der Waals surface area contributed by atoms with Gasteiger partial charge in [0, 0.05) is 24.4 Å². The lowest BCUT2D eigenvalue weighted by Crippen LogP contribution is -2.30. The maximum absolute atomic E-state index is 12.1. The second-order valence-corrected chi connectivity index (χ2v) is 6.08. The van der Waals surface area contributed by atoms with Gasteiger partial charge in [-0.25, -0.2) is 0 Å². The molecule has 3 N–H and O–H groups in total. The largest absolute Gasteiger partial charge is 0.481 e. The lowest BCUT2D eigenvalue weighted by atomic mass is 10.2. The molecular weight excluding hydrogens is 340 g/mol. The minimum Gasteiger partial charge on any atom is -0.481 e. The van der Waals surface area contributed by atoms with Crippen molar-refractivity contribution >= 4 is 23.5 Å². The van der Waals surface area contributed by atoms with E-state index in [2.05, 4.69) is 10.6 Å². The number of hydrogen-bond donors (Lipinski definition) is 3. The number of anilines is 1. The van der Waals surface area contributed by atoms with E-state index < -0.39 is 12.1 Å². The Morgan fingerprint density at radius 1 is 1.31 bits per heavy atom. The van der Waals surface area contributed by atoms with Crippen LogP contribution < -0.4 is 10.6 Å². The molecule has 1 saturated heterocycles. The van der Waals surface area contributed by atoms with Crippen molar-refractivity contribution in [2.75, 3.05) is 25.1 Å². The first-order chi connectivity index (χ1) is 12.5. The quantitative estimate of drug-likeness (QED) is 0.610. The van der Waals surface area contributed by atoms with Crippen molar-refractivity contribution in [2.24, 2.45) is 0 Å². The van der Waals surface area contributed by atoms with Gasteiger partial charge in [-0.1, -0.05) is 0 Å². The van der Waals surface area contributed by atoms with Crippen LogP contribution in [0.3, 0.4) is 0 Å². The lowest BCUT2D eigenvalue weighted by molar-refractivity contribution is -0.136. The Labute approximate surface area is 151 Å². The van der Waals surface area contributed by atoms with E-state index in [-0.39, 0.29) is 30.9 Å². The number of amides is 2. The van der Waals surface area contributed by atoms with E-state index in [0.717, 1.165) is 19.4 Å². The third-order valence-electron chi connectivity index (χ3n) is 3.96. The highest BCUT2D eigenvalue weighted by molar-refractivity contribution is 5.96. The fourth-order valence-corrected chi connectivity index (χ4v) is 2.44. The maximum atomic E-state index is 12.1. The van der Waals surface area contributed by atoms with Crippen LogP contribution in [0.25, 0.3) is 0 Å². The Morgan fingerprint density at radius 2 is 2.04 bits per heavy atom. The topological polar surface area (TPSA) is 114 Å². The molecule has 1 aliphatic heterocycles. The molecule has 0 spiro atoms. The third-order valence-corrected chi connectivity index (χ3v) is 3.96. The molecule has 26 heavy (non-hydrogen) atoms. The summed E-state index contributed by atoms with van der Waals surface area (Å²) in [5.74, 6) is -1.61. The van der Waals surface area contributed by atoms with Crippen LogP contribution in [0.4, 0.5) is 5.69 Å². The number of carboxylic acids is 1. The van der Waals surface area contributed by atoms with Crippen molar-refractivity contribution in [3.8, 4) is 0 Å². The molecule has 2 atom stereocenters. The molecule has 0 saturated carbocycles. The molecule has 1 aromatic rings. The third kappa shape index (κ3) is 6.45. The van der Waals surface area contributed by atoms with Gasteiger partial charge < -0.3 is 25.2 Å². The number of aliphatic carboxylic acids is 1. The Hall–Kier alpha value is -2.45. The molecule has 2 amide bonds. The Kier molecular flexibility index (Phi) is 7.55.